The second-order valence-corrected chi connectivity index (χ2v) is 7.70. The second-order valence-electron chi connectivity index (χ2n) is 7.70. The van der Waals surface area contributed by atoms with Crippen molar-refractivity contribution in [1.82, 2.24) is 0 Å². The number of nitrogens with zero attached hydrogens (tertiary/aromatic N) is 1. The van der Waals surface area contributed by atoms with Gasteiger partial charge in [0.15, 0.2) is 0 Å². The maximum Gasteiger partial charge on any atom is 0.426 e. The molecule has 0 heterocycles. The van der Waals surface area contributed by atoms with Gasteiger partial charge in [-0.1, -0.05) is 18.2 Å². The summed E-state index contributed by atoms with van der Waals surface area (Å²) < 4.78 is 60.9. The SMILES string of the molecule is C=CCCC1CCC(c2ccc(OC(F)(F)c3cc(F)c(C#N)c(F)c3)cc2)CC1. The van der Waals surface area contributed by atoms with Gasteiger partial charge < -0.3 is 4.74 Å². The zero-order chi connectivity index (χ0) is 21.7. The minimum Gasteiger partial charge on any atom is -0.429 e. The summed E-state index contributed by atoms with van der Waals surface area (Å²) in [4.78, 5) is 0. The Morgan fingerprint density at radius 3 is 2.20 bits per heavy atom. The highest BCUT2D eigenvalue weighted by Gasteiger charge is 2.36. The number of ether oxygens (including phenoxy) is 1. The standard InChI is InChI=1S/C24H23F4NO/c1-2-3-4-16-5-7-17(8-6-16)18-9-11-20(12-10-18)30-24(27,28)19-13-22(25)21(15-29)23(26)14-19/h2,9-14,16-17H,1,3-8H2. The van der Waals surface area contributed by atoms with Gasteiger partial charge in [0.05, 0.1) is 5.56 Å². The first-order valence-corrected chi connectivity index (χ1v) is 10.0. The zero-order valence-corrected chi connectivity index (χ0v) is 16.5. The van der Waals surface area contributed by atoms with E-state index in [1.165, 1.54) is 18.2 Å². The van der Waals surface area contributed by atoms with Crippen LogP contribution in [-0.2, 0) is 6.11 Å². The number of hydrogen-bond donors (Lipinski definition) is 0. The topological polar surface area (TPSA) is 33.0 Å². The lowest BCUT2D eigenvalue weighted by Gasteiger charge is -2.28. The molecule has 0 N–H and O–H groups in total. The largest absolute Gasteiger partial charge is 0.429 e. The number of halogens is 4. The first kappa shape index (κ1) is 21.9. The smallest absolute Gasteiger partial charge is 0.426 e. The molecule has 0 radical (unpaired) electrons. The van der Waals surface area contributed by atoms with E-state index in [2.05, 4.69) is 6.58 Å². The Morgan fingerprint density at radius 2 is 1.67 bits per heavy atom. The molecule has 0 aromatic heterocycles. The Kier molecular flexibility index (Phi) is 6.81. The Hall–Kier alpha value is -2.81. The average Bonchev–Trinajstić information content (AvgIpc) is 2.73. The predicted molar refractivity (Wildman–Crippen MR) is 106 cm³/mol. The van der Waals surface area contributed by atoms with E-state index < -0.39 is 28.9 Å². The number of hydrogen-bond acceptors (Lipinski definition) is 2. The highest BCUT2D eigenvalue weighted by Crippen LogP contribution is 2.39. The third kappa shape index (κ3) is 5.02. The van der Waals surface area contributed by atoms with Crippen molar-refractivity contribution in [1.29, 1.82) is 5.26 Å². The van der Waals surface area contributed by atoms with Crippen LogP contribution in [0.3, 0.4) is 0 Å². The van der Waals surface area contributed by atoms with Crippen LogP contribution in [0.25, 0.3) is 0 Å². The first-order valence-electron chi connectivity index (χ1n) is 10.0. The normalized spacial score (nSPS) is 19.2. The summed E-state index contributed by atoms with van der Waals surface area (Å²) in [6.45, 7) is 3.76. The van der Waals surface area contributed by atoms with Crippen LogP contribution in [0.2, 0.25) is 0 Å². The van der Waals surface area contributed by atoms with E-state index in [4.69, 9.17) is 10.00 Å². The highest BCUT2D eigenvalue weighted by molar-refractivity contribution is 5.37. The summed E-state index contributed by atoms with van der Waals surface area (Å²) in [5.74, 6) is -1.70. The van der Waals surface area contributed by atoms with Crippen molar-refractivity contribution in [3.63, 3.8) is 0 Å². The second kappa shape index (κ2) is 9.34. The fourth-order valence-electron chi connectivity index (χ4n) is 4.00. The number of alkyl halides is 2. The van der Waals surface area contributed by atoms with E-state index in [1.807, 2.05) is 6.08 Å². The molecule has 0 atom stereocenters. The van der Waals surface area contributed by atoms with E-state index >= 15 is 0 Å². The molecule has 1 aliphatic carbocycles. The lowest BCUT2D eigenvalue weighted by molar-refractivity contribution is -0.185. The average molecular weight is 417 g/mol. The molecule has 0 aliphatic heterocycles. The molecule has 3 rings (SSSR count). The molecule has 0 amide bonds. The Morgan fingerprint density at radius 1 is 1.07 bits per heavy atom. The number of nitriles is 1. The van der Waals surface area contributed by atoms with Gasteiger partial charge in [-0.05, 0) is 80.2 Å². The molecule has 0 bridgehead atoms. The van der Waals surface area contributed by atoms with E-state index in [1.54, 1.807) is 12.1 Å². The lowest BCUT2D eigenvalue weighted by Crippen LogP contribution is -2.22. The summed E-state index contributed by atoms with van der Waals surface area (Å²) in [6, 6.07) is 8.56. The highest BCUT2D eigenvalue weighted by atomic mass is 19.3. The summed E-state index contributed by atoms with van der Waals surface area (Å²) >= 11 is 0. The van der Waals surface area contributed by atoms with E-state index in [0.29, 0.717) is 24.0 Å². The molecular weight excluding hydrogens is 394 g/mol. The van der Waals surface area contributed by atoms with Gasteiger partial charge in [-0.3, -0.25) is 0 Å². The molecule has 2 nitrogen and oxygen atoms in total. The van der Waals surface area contributed by atoms with Crippen molar-refractivity contribution in [2.45, 2.75) is 50.6 Å². The molecule has 158 valence electrons. The third-order valence-corrected chi connectivity index (χ3v) is 5.71. The fourth-order valence-corrected chi connectivity index (χ4v) is 4.00. The molecule has 30 heavy (non-hydrogen) atoms. The van der Waals surface area contributed by atoms with Crippen molar-refractivity contribution >= 4 is 0 Å². The summed E-state index contributed by atoms with van der Waals surface area (Å²) in [7, 11) is 0. The van der Waals surface area contributed by atoms with Gasteiger partial charge in [0.2, 0.25) is 0 Å². The van der Waals surface area contributed by atoms with Gasteiger partial charge in [-0.15, -0.1) is 6.58 Å². The van der Waals surface area contributed by atoms with Gasteiger partial charge in [0.25, 0.3) is 0 Å². The monoisotopic (exact) mass is 417 g/mol. The van der Waals surface area contributed by atoms with Crippen molar-refractivity contribution in [3.8, 4) is 11.8 Å². The van der Waals surface area contributed by atoms with Crippen LogP contribution < -0.4 is 4.74 Å². The molecule has 1 saturated carbocycles. The van der Waals surface area contributed by atoms with E-state index in [0.717, 1.165) is 44.1 Å². The maximum atomic E-state index is 14.4. The number of rotatable bonds is 7. The van der Waals surface area contributed by atoms with Crippen LogP contribution in [0.4, 0.5) is 17.6 Å². The van der Waals surface area contributed by atoms with Crippen LogP contribution in [0.1, 0.15) is 61.1 Å². The third-order valence-electron chi connectivity index (χ3n) is 5.71. The quantitative estimate of drug-likeness (QED) is 0.352. The summed E-state index contributed by atoms with van der Waals surface area (Å²) in [5.41, 5.74) is -0.820. The van der Waals surface area contributed by atoms with E-state index in [-0.39, 0.29) is 5.75 Å². The minimum atomic E-state index is -3.94. The van der Waals surface area contributed by atoms with Crippen LogP contribution >= 0.6 is 0 Å². The Balaban J connectivity index is 1.66. The molecule has 0 unspecified atom stereocenters. The van der Waals surface area contributed by atoms with E-state index in [9.17, 15) is 17.6 Å². The minimum absolute atomic E-state index is 0.103. The number of allylic oxidation sites excluding steroid dienone is 1. The Bertz CT molecular complexity index is 902. The van der Waals surface area contributed by atoms with Gasteiger partial charge in [-0.25, -0.2) is 8.78 Å². The Labute approximate surface area is 173 Å². The predicted octanol–water partition coefficient (Wildman–Crippen LogP) is 7.20. The number of benzene rings is 2. The van der Waals surface area contributed by atoms with Crippen molar-refractivity contribution in [2.24, 2.45) is 5.92 Å². The van der Waals surface area contributed by atoms with Crippen molar-refractivity contribution in [3.05, 3.63) is 77.4 Å². The first-order chi connectivity index (χ1) is 14.3. The molecule has 0 spiro atoms. The van der Waals surface area contributed by atoms with Crippen LogP contribution in [0.5, 0.6) is 5.75 Å². The molecule has 0 saturated heterocycles. The van der Waals surface area contributed by atoms with Crippen LogP contribution in [0, 0.1) is 28.9 Å². The van der Waals surface area contributed by atoms with Gasteiger partial charge in [-0.2, -0.15) is 14.0 Å². The van der Waals surface area contributed by atoms with Gasteiger partial charge >= 0.3 is 6.11 Å². The summed E-state index contributed by atoms with van der Waals surface area (Å²) in [6.07, 6.45) is 4.60. The zero-order valence-electron chi connectivity index (χ0n) is 16.5. The van der Waals surface area contributed by atoms with Gasteiger partial charge in [0, 0.05) is 0 Å². The molecule has 1 fully saturated rings. The van der Waals surface area contributed by atoms with Crippen LogP contribution in [-0.4, -0.2) is 0 Å². The molecule has 2 aromatic rings. The van der Waals surface area contributed by atoms with Crippen molar-refractivity contribution in [2.75, 3.05) is 0 Å². The maximum absolute atomic E-state index is 14.4. The van der Waals surface area contributed by atoms with Crippen LogP contribution in [0.15, 0.2) is 49.1 Å². The molecule has 6 heteroatoms. The lowest BCUT2D eigenvalue weighted by atomic mass is 9.77. The molecule has 2 aromatic carbocycles. The molecular formula is C24H23F4NO. The fraction of sp³-hybridized carbons (Fsp3) is 0.375. The van der Waals surface area contributed by atoms with Crippen molar-refractivity contribution < 1.29 is 22.3 Å². The van der Waals surface area contributed by atoms with Gasteiger partial charge in [0.1, 0.15) is 29.0 Å². The summed E-state index contributed by atoms with van der Waals surface area (Å²) in [5, 5.41) is 8.66. The molecule has 1 aliphatic rings.